The molecule has 0 bridgehead atoms. The smallest absolute Gasteiger partial charge is 0.137 e. The van der Waals surface area contributed by atoms with Crippen LogP contribution < -0.4 is 0 Å². The number of rotatable bonds is 3. The van der Waals surface area contributed by atoms with Crippen molar-refractivity contribution in [2.75, 3.05) is 26.3 Å². The quantitative estimate of drug-likeness (QED) is 0.785. The molecule has 2 saturated heterocycles. The van der Waals surface area contributed by atoms with Crippen LogP contribution in [-0.2, 0) is 9.53 Å². The highest BCUT2D eigenvalue weighted by atomic mass is 16.5. The number of carbonyl (C=O) groups is 1. The molecular weight excluding hydrogens is 238 g/mol. The van der Waals surface area contributed by atoms with E-state index in [-0.39, 0.29) is 0 Å². The first-order valence-corrected chi connectivity index (χ1v) is 8.19. The number of Topliss-reactive ketones (excluding diaryl/α,β-unsaturated/α-hetero) is 1. The molecule has 0 aromatic rings. The first-order chi connectivity index (χ1) is 9.34. The fraction of sp³-hybridized carbons (Fsp3) is 0.938. The van der Waals surface area contributed by atoms with Gasteiger partial charge in [0, 0.05) is 31.5 Å². The van der Waals surface area contributed by atoms with Gasteiger partial charge in [-0.15, -0.1) is 0 Å². The first-order valence-electron chi connectivity index (χ1n) is 8.19. The van der Waals surface area contributed by atoms with Crippen LogP contribution in [0, 0.1) is 11.8 Å². The van der Waals surface area contributed by atoms with Gasteiger partial charge in [-0.25, -0.2) is 0 Å². The second kappa shape index (κ2) is 6.36. The maximum absolute atomic E-state index is 12.2. The topological polar surface area (TPSA) is 29.5 Å². The van der Waals surface area contributed by atoms with Crippen LogP contribution in [0.3, 0.4) is 0 Å². The Kier molecular flexibility index (Phi) is 4.54. The van der Waals surface area contributed by atoms with Gasteiger partial charge in [-0.05, 0) is 44.6 Å². The van der Waals surface area contributed by atoms with Gasteiger partial charge in [-0.1, -0.05) is 12.8 Å². The van der Waals surface area contributed by atoms with Crippen molar-refractivity contribution in [2.24, 2.45) is 11.8 Å². The molecular formula is C16H27NO2. The Morgan fingerprint density at radius 2 is 2.00 bits per heavy atom. The number of ether oxygens (including phenoxy) is 1. The second-order valence-electron chi connectivity index (χ2n) is 6.61. The maximum atomic E-state index is 12.2. The summed E-state index contributed by atoms with van der Waals surface area (Å²) in [5.41, 5.74) is 0. The molecule has 2 heterocycles. The summed E-state index contributed by atoms with van der Waals surface area (Å²) >= 11 is 0. The molecule has 19 heavy (non-hydrogen) atoms. The summed E-state index contributed by atoms with van der Waals surface area (Å²) in [5, 5.41) is 0. The molecule has 3 fully saturated rings. The van der Waals surface area contributed by atoms with Crippen molar-refractivity contribution in [1.82, 2.24) is 4.90 Å². The summed E-state index contributed by atoms with van der Waals surface area (Å²) in [4.78, 5) is 14.9. The van der Waals surface area contributed by atoms with Crippen molar-refractivity contribution in [3.05, 3.63) is 0 Å². The van der Waals surface area contributed by atoms with Crippen LogP contribution in [-0.4, -0.2) is 43.0 Å². The van der Waals surface area contributed by atoms with Crippen LogP contribution in [0.15, 0.2) is 0 Å². The summed E-state index contributed by atoms with van der Waals surface area (Å²) in [7, 11) is 0. The van der Waals surface area contributed by atoms with Gasteiger partial charge in [-0.2, -0.15) is 0 Å². The first kappa shape index (κ1) is 13.6. The van der Waals surface area contributed by atoms with Crippen LogP contribution in [0.2, 0.25) is 0 Å². The van der Waals surface area contributed by atoms with Crippen molar-refractivity contribution < 1.29 is 9.53 Å². The highest BCUT2D eigenvalue weighted by Gasteiger charge is 2.36. The Balaban J connectivity index is 1.63. The van der Waals surface area contributed by atoms with Gasteiger partial charge in [0.2, 0.25) is 0 Å². The van der Waals surface area contributed by atoms with Crippen molar-refractivity contribution in [1.29, 1.82) is 0 Å². The van der Waals surface area contributed by atoms with E-state index in [1.807, 2.05) is 0 Å². The largest absolute Gasteiger partial charge is 0.381 e. The average molecular weight is 265 g/mol. The second-order valence-corrected chi connectivity index (χ2v) is 6.61. The molecule has 3 atom stereocenters. The molecule has 3 nitrogen and oxygen atoms in total. The van der Waals surface area contributed by atoms with Gasteiger partial charge in [0.15, 0.2) is 0 Å². The normalized spacial score (nSPS) is 37.7. The minimum absolute atomic E-state index is 0.344. The molecule has 3 aliphatic rings. The summed E-state index contributed by atoms with van der Waals surface area (Å²) < 4.78 is 5.51. The van der Waals surface area contributed by atoms with E-state index in [0.29, 0.717) is 23.7 Å². The number of carbonyl (C=O) groups excluding carboxylic acids is 1. The number of hydrogen-bond acceptors (Lipinski definition) is 3. The van der Waals surface area contributed by atoms with Crippen molar-refractivity contribution in [3.8, 4) is 0 Å². The SMILES string of the molecule is O=C1CCCCC1C1CCCCN1CC1CCOC1. The van der Waals surface area contributed by atoms with E-state index < -0.39 is 0 Å². The fourth-order valence-electron chi connectivity index (χ4n) is 4.17. The van der Waals surface area contributed by atoms with E-state index in [1.54, 1.807) is 0 Å². The summed E-state index contributed by atoms with van der Waals surface area (Å²) in [6, 6.07) is 0.544. The number of hydrogen-bond donors (Lipinski definition) is 0. The lowest BCUT2D eigenvalue weighted by molar-refractivity contribution is -0.127. The maximum Gasteiger partial charge on any atom is 0.137 e. The van der Waals surface area contributed by atoms with Crippen LogP contribution >= 0.6 is 0 Å². The van der Waals surface area contributed by atoms with Gasteiger partial charge in [0.1, 0.15) is 5.78 Å². The molecule has 0 aromatic carbocycles. The Bertz CT molecular complexity index is 312. The number of piperidine rings is 1. The molecule has 1 saturated carbocycles. The molecule has 2 aliphatic heterocycles. The zero-order valence-electron chi connectivity index (χ0n) is 12.0. The zero-order valence-corrected chi connectivity index (χ0v) is 12.0. The molecule has 0 spiro atoms. The zero-order chi connectivity index (χ0) is 13.1. The predicted molar refractivity (Wildman–Crippen MR) is 75.1 cm³/mol. The molecule has 3 heteroatoms. The van der Waals surface area contributed by atoms with E-state index in [2.05, 4.69) is 4.90 Å². The average Bonchev–Trinajstić information content (AvgIpc) is 2.93. The molecule has 0 amide bonds. The Labute approximate surface area is 116 Å². The summed E-state index contributed by atoms with van der Waals surface area (Å²) in [6.45, 7) is 4.23. The van der Waals surface area contributed by atoms with E-state index in [4.69, 9.17) is 4.74 Å². The summed E-state index contributed by atoms with van der Waals surface area (Å²) in [6.07, 6.45) is 9.43. The van der Waals surface area contributed by atoms with Gasteiger partial charge < -0.3 is 4.74 Å². The lowest BCUT2D eigenvalue weighted by Gasteiger charge is -2.42. The number of nitrogens with zero attached hydrogens (tertiary/aromatic N) is 1. The molecule has 108 valence electrons. The van der Waals surface area contributed by atoms with Crippen LogP contribution in [0.4, 0.5) is 0 Å². The Hall–Kier alpha value is -0.410. The van der Waals surface area contributed by atoms with Gasteiger partial charge in [-0.3, -0.25) is 9.69 Å². The Morgan fingerprint density at radius 1 is 1.11 bits per heavy atom. The standard InChI is InChI=1S/C16H27NO2/c18-16-7-2-1-5-14(16)15-6-3-4-9-17(15)11-13-8-10-19-12-13/h13-15H,1-12H2. The van der Waals surface area contributed by atoms with Gasteiger partial charge >= 0.3 is 0 Å². The molecule has 1 aliphatic carbocycles. The molecule has 0 N–H and O–H groups in total. The molecule has 3 rings (SSSR count). The van der Waals surface area contributed by atoms with Crippen LogP contribution in [0.25, 0.3) is 0 Å². The number of ketones is 1. The van der Waals surface area contributed by atoms with Crippen LogP contribution in [0.5, 0.6) is 0 Å². The third kappa shape index (κ3) is 3.19. The van der Waals surface area contributed by atoms with Gasteiger partial charge in [0.05, 0.1) is 6.61 Å². The lowest BCUT2D eigenvalue weighted by atomic mass is 9.78. The monoisotopic (exact) mass is 265 g/mol. The highest BCUT2D eigenvalue weighted by molar-refractivity contribution is 5.82. The molecule has 3 unspecified atom stereocenters. The van der Waals surface area contributed by atoms with Crippen LogP contribution in [0.1, 0.15) is 51.4 Å². The number of likely N-dealkylation sites (tertiary alicyclic amines) is 1. The van der Waals surface area contributed by atoms with Crippen molar-refractivity contribution >= 4 is 5.78 Å². The third-order valence-electron chi connectivity index (χ3n) is 5.25. The van der Waals surface area contributed by atoms with Gasteiger partial charge in [0.25, 0.3) is 0 Å². The Morgan fingerprint density at radius 3 is 2.79 bits per heavy atom. The highest BCUT2D eigenvalue weighted by Crippen LogP contribution is 2.32. The van der Waals surface area contributed by atoms with E-state index >= 15 is 0 Å². The van der Waals surface area contributed by atoms with E-state index in [1.165, 1.54) is 38.6 Å². The lowest BCUT2D eigenvalue weighted by Crippen LogP contribution is -2.49. The minimum Gasteiger partial charge on any atom is -0.381 e. The fourth-order valence-corrected chi connectivity index (χ4v) is 4.17. The van der Waals surface area contributed by atoms with E-state index in [0.717, 1.165) is 39.0 Å². The summed E-state index contributed by atoms with van der Waals surface area (Å²) in [5.74, 6) is 1.60. The van der Waals surface area contributed by atoms with E-state index in [9.17, 15) is 4.79 Å². The third-order valence-corrected chi connectivity index (χ3v) is 5.25. The molecule has 0 radical (unpaired) electrons. The minimum atomic E-state index is 0.344. The van der Waals surface area contributed by atoms with Crippen molar-refractivity contribution in [3.63, 3.8) is 0 Å². The predicted octanol–water partition coefficient (Wildman–Crippen LogP) is 2.64. The molecule has 0 aromatic heterocycles. The van der Waals surface area contributed by atoms with Crippen molar-refractivity contribution in [2.45, 2.75) is 57.4 Å².